The van der Waals surface area contributed by atoms with Crippen LogP contribution in [0, 0.1) is 11.3 Å². The molecule has 1 fully saturated rings. The van der Waals surface area contributed by atoms with Crippen molar-refractivity contribution in [2.45, 2.75) is 24.6 Å². The molecule has 1 aliphatic heterocycles. The molecule has 0 spiro atoms. The van der Waals surface area contributed by atoms with Gasteiger partial charge in [0.1, 0.15) is 0 Å². The quantitative estimate of drug-likeness (QED) is 0.663. The molecule has 26 heavy (non-hydrogen) atoms. The number of carbonyl (C=O) groups excluding carboxylic acids is 1. The van der Waals surface area contributed by atoms with Crippen LogP contribution in [-0.4, -0.2) is 23.1 Å². The molecule has 1 atom stereocenters. The van der Waals surface area contributed by atoms with E-state index in [1.165, 1.54) is 0 Å². The Morgan fingerprint density at radius 1 is 1.19 bits per heavy atom. The summed E-state index contributed by atoms with van der Waals surface area (Å²) < 4.78 is 0. The van der Waals surface area contributed by atoms with Crippen LogP contribution in [0.1, 0.15) is 35.6 Å². The standard InChI is InChI=1S/C20H18Cl2N2OS/c21-17-8-7-16(10-18(17)22)19-2-1-9-24(19)20(25)13-26-12-15-5-3-14(11-23)4-6-15/h3-8,10,19H,1-2,9,12-13H2. The predicted octanol–water partition coefficient (Wildman–Crippen LogP) is 5.46. The van der Waals surface area contributed by atoms with Crippen LogP contribution in [0.15, 0.2) is 42.5 Å². The van der Waals surface area contributed by atoms with E-state index in [1.54, 1.807) is 30.0 Å². The van der Waals surface area contributed by atoms with Crippen molar-refractivity contribution < 1.29 is 4.79 Å². The highest BCUT2D eigenvalue weighted by atomic mass is 35.5. The maximum Gasteiger partial charge on any atom is 0.233 e. The van der Waals surface area contributed by atoms with Gasteiger partial charge in [-0.3, -0.25) is 4.79 Å². The fourth-order valence-corrected chi connectivity index (χ4v) is 4.32. The van der Waals surface area contributed by atoms with E-state index < -0.39 is 0 Å². The van der Waals surface area contributed by atoms with Crippen molar-refractivity contribution in [3.05, 3.63) is 69.2 Å². The molecule has 0 aromatic heterocycles. The monoisotopic (exact) mass is 404 g/mol. The molecule has 1 aliphatic rings. The summed E-state index contributed by atoms with van der Waals surface area (Å²) in [6.45, 7) is 0.779. The lowest BCUT2D eigenvalue weighted by Crippen LogP contribution is -2.32. The van der Waals surface area contributed by atoms with Crippen molar-refractivity contribution in [2.24, 2.45) is 0 Å². The zero-order valence-corrected chi connectivity index (χ0v) is 16.4. The van der Waals surface area contributed by atoms with E-state index >= 15 is 0 Å². The summed E-state index contributed by atoms with van der Waals surface area (Å²) >= 11 is 13.7. The molecule has 3 nitrogen and oxygen atoms in total. The van der Waals surface area contributed by atoms with Gasteiger partial charge in [-0.2, -0.15) is 5.26 Å². The molecule has 6 heteroatoms. The second-order valence-corrected chi connectivity index (χ2v) is 8.02. The van der Waals surface area contributed by atoms with E-state index in [0.29, 0.717) is 21.4 Å². The Kier molecular flexibility index (Phi) is 6.48. The lowest BCUT2D eigenvalue weighted by atomic mass is 10.0. The van der Waals surface area contributed by atoms with Gasteiger partial charge in [0.15, 0.2) is 0 Å². The van der Waals surface area contributed by atoms with Gasteiger partial charge in [0.25, 0.3) is 0 Å². The van der Waals surface area contributed by atoms with E-state index in [9.17, 15) is 4.79 Å². The van der Waals surface area contributed by atoms with Gasteiger partial charge < -0.3 is 4.90 Å². The highest BCUT2D eigenvalue weighted by Gasteiger charge is 2.29. The first kappa shape index (κ1) is 19.1. The molecule has 0 radical (unpaired) electrons. The van der Waals surface area contributed by atoms with Gasteiger partial charge in [-0.1, -0.05) is 41.4 Å². The van der Waals surface area contributed by atoms with E-state index in [0.717, 1.165) is 36.3 Å². The SMILES string of the molecule is N#Cc1ccc(CSCC(=O)N2CCCC2c2ccc(Cl)c(Cl)c2)cc1. The van der Waals surface area contributed by atoms with E-state index in [2.05, 4.69) is 6.07 Å². The number of carbonyl (C=O) groups is 1. The fourth-order valence-electron chi connectivity index (χ4n) is 3.15. The van der Waals surface area contributed by atoms with Gasteiger partial charge in [0, 0.05) is 12.3 Å². The minimum Gasteiger partial charge on any atom is -0.335 e. The van der Waals surface area contributed by atoms with Crippen molar-refractivity contribution in [3.63, 3.8) is 0 Å². The van der Waals surface area contributed by atoms with Crippen LogP contribution in [0.2, 0.25) is 10.0 Å². The van der Waals surface area contributed by atoms with Crippen LogP contribution >= 0.6 is 35.0 Å². The largest absolute Gasteiger partial charge is 0.335 e. The van der Waals surface area contributed by atoms with Crippen LogP contribution in [0.5, 0.6) is 0 Å². The van der Waals surface area contributed by atoms with Crippen LogP contribution in [0.3, 0.4) is 0 Å². The number of benzene rings is 2. The molecule has 1 unspecified atom stereocenters. The summed E-state index contributed by atoms with van der Waals surface area (Å²) in [5, 5.41) is 9.89. The number of likely N-dealkylation sites (tertiary alicyclic amines) is 1. The first-order valence-electron chi connectivity index (χ1n) is 8.39. The van der Waals surface area contributed by atoms with Crippen LogP contribution in [0.25, 0.3) is 0 Å². The smallest absolute Gasteiger partial charge is 0.233 e. The van der Waals surface area contributed by atoms with Crippen LogP contribution in [-0.2, 0) is 10.5 Å². The third kappa shape index (κ3) is 4.54. The number of nitriles is 1. The first-order chi connectivity index (χ1) is 12.6. The Balaban J connectivity index is 1.57. The first-order valence-corrected chi connectivity index (χ1v) is 10.3. The Hall–Kier alpha value is -1.67. The van der Waals surface area contributed by atoms with Crippen LogP contribution in [0.4, 0.5) is 0 Å². The fraction of sp³-hybridized carbons (Fsp3) is 0.300. The molecule has 2 aromatic carbocycles. The summed E-state index contributed by atoms with van der Waals surface area (Å²) in [6.07, 6.45) is 1.95. The summed E-state index contributed by atoms with van der Waals surface area (Å²) in [7, 11) is 0. The van der Waals surface area contributed by atoms with Crippen LogP contribution < -0.4 is 0 Å². The lowest BCUT2D eigenvalue weighted by molar-refractivity contribution is -0.129. The molecule has 0 bridgehead atoms. The lowest BCUT2D eigenvalue weighted by Gasteiger charge is -2.25. The van der Waals surface area contributed by atoms with E-state index in [1.807, 2.05) is 29.2 Å². The Morgan fingerprint density at radius 2 is 1.96 bits per heavy atom. The van der Waals surface area contributed by atoms with Gasteiger partial charge in [0.05, 0.1) is 33.5 Å². The molecule has 0 N–H and O–H groups in total. The third-order valence-electron chi connectivity index (χ3n) is 4.48. The summed E-state index contributed by atoms with van der Waals surface area (Å²) in [6, 6.07) is 15.3. The molecule has 1 saturated heterocycles. The van der Waals surface area contributed by atoms with Crippen molar-refractivity contribution >= 4 is 40.9 Å². The number of nitrogens with zero attached hydrogens (tertiary/aromatic N) is 2. The maximum absolute atomic E-state index is 12.7. The summed E-state index contributed by atoms with van der Waals surface area (Å²) in [5.41, 5.74) is 2.81. The summed E-state index contributed by atoms with van der Waals surface area (Å²) in [5.74, 6) is 1.35. The number of halogens is 2. The number of thioether (sulfide) groups is 1. The molecular formula is C20H18Cl2N2OS. The minimum absolute atomic E-state index is 0.0766. The molecule has 0 aliphatic carbocycles. The zero-order chi connectivity index (χ0) is 18.5. The third-order valence-corrected chi connectivity index (χ3v) is 6.21. The number of hydrogen-bond donors (Lipinski definition) is 0. The highest BCUT2D eigenvalue weighted by Crippen LogP contribution is 2.35. The zero-order valence-electron chi connectivity index (χ0n) is 14.1. The number of rotatable bonds is 5. The van der Waals surface area contributed by atoms with Gasteiger partial charge in [0.2, 0.25) is 5.91 Å². The molecule has 2 aromatic rings. The highest BCUT2D eigenvalue weighted by molar-refractivity contribution is 7.99. The second kappa shape index (κ2) is 8.81. The van der Waals surface area contributed by atoms with Gasteiger partial charge in [-0.05, 0) is 48.2 Å². The maximum atomic E-state index is 12.7. The molecule has 1 amide bonds. The average molecular weight is 405 g/mol. The van der Waals surface area contributed by atoms with Gasteiger partial charge >= 0.3 is 0 Å². The van der Waals surface area contributed by atoms with Crippen molar-refractivity contribution in [1.29, 1.82) is 5.26 Å². The molecule has 134 valence electrons. The van der Waals surface area contributed by atoms with E-state index in [4.69, 9.17) is 28.5 Å². The number of hydrogen-bond acceptors (Lipinski definition) is 3. The Morgan fingerprint density at radius 3 is 2.65 bits per heavy atom. The average Bonchev–Trinajstić information content (AvgIpc) is 3.14. The minimum atomic E-state index is 0.0766. The van der Waals surface area contributed by atoms with E-state index in [-0.39, 0.29) is 11.9 Å². The topological polar surface area (TPSA) is 44.1 Å². The molecule has 0 saturated carbocycles. The van der Waals surface area contributed by atoms with Crippen molar-refractivity contribution in [3.8, 4) is 6.07 Å². The molecule has 3 rings (SSSR count). The van der Waals surface area contributed by atoms with Gasteiger partial charge in [-0.25, -0.2) is 0 Å². The Bertz CT molecular complexity index is 833. The normalized spacial score (nSPS) is 16.5. The number of amides is 1. The second-order valence-electron chi connectivity index (χ2n) is 6.22. The molecule has 1 heterocycles. The van der Waals surface area contributed by atoms with Crippen molar-refractivity contribution in [2.75, 3.05) is 12.3 Å². The van der Waals surface area contributed by atoms with Gasteiger partial charge in [-0.15, -0.1) is 11.8 Å². The predicted molar refractivity (Wildman–Crippen MR) is 107 cm³/mol. The Labute approximate surface area is 167 Å². The molecular weight excluding hydrogens is 387 g/mol. The van der Waals surface area contributed by atoms with Crippen molar-refractivity contribution in [1.82, 2.24) is 4.90 Å². The summed E-state index contributed by atoms with van der Waals surface area (Å²) in [4.78, 5) is 14.6.